The van der Waals surface area contributed by atoms with Gasteiger partial charge in [-0.1, -0.05) is 87.4 Å². The first-order valence-corrected chi connectivity index (χ1v) is 13.1. The Morgan fingerprint density at radius 2 is 1.68 bits per heavy atom. The number of aryl methyl sites for hydroxylation is 1. The molecule has 0 aliphatic rings. The lowest BCUT2D eigenvalue weighted by atomic mass is 9.97. The van der Waals surface area contributed by atoms with Gasteiger partial charge in [0.2, 0.25) is 11.8 Å². The van der Waals surface area contributed by atoms with Crippen LogP contribution in [0.1, 0.15) is 77.1 Å². The zero-order valence-electron chi connectivity index (χ0n) is 23.3. The predicted molar refractivity (Wildman–Crippen MR) is 147 cm³/mol. The number of benzene rings is 2. The van der Waals surface area contributed by atoms with Crippen LogP contribution < -0.4 is 10.6 Å². The van der Waals surface area contributed by atoms with Gasteiger partial charge >= 0.3 is 6.09 Å². The summed E-state index contributed by atoms with van der Waals surface area (Å²) in [7, 11) is 0. The molecule has 0 bridgehead atoms. The number of unbranched alkanes of at least 4 members (excludes halogenated alkanes) is 1. The van der Waals surface area contributed by atoms with Crippen molar-refractivity contribution in [3.63, 3.8) is 0 Å². The van der Waals surface area contributed by atoms with Gasteiger partial charge in [0, 0.05) is 13.1 Å². The van der Waals surface area contributed by atoms with Gasteiger partial charge < -0.3 is 20.3 Å². The van der Waals surface area contributed by atoms with Crippen LogP contribution in [0.4, 0.5) is 4.79 Å². The zero-order chi connectivity index (χ0) is 27.6. The largest absolute Gasteiger partial charge is 0.444 e. The van der Waals surface area contributed by atoms with E-state index in [0.29, 0.717) is 13.1 Å². The molecule has 2 N–H and O–H groups in total. The molecule has 202 valence electrons. The van der Waals surface area contributed by atoms with Crippen molar-refractivity contribution >= 4 is 17.9 Å². The Balaban J connectivity index is 2.43. The molecule has 2 rings (SSSR count). The quantitative estimate of drug-likeness (QED) is 0.417. The monoisotopic (exact) mass is 509 g/mol. The molecule has 7 nitrogen and oxygen atoms in total. The number of alkyl carbamates (subject to hydrolysis) is 1. The lowest BCUT2D eigenvalue weighted by molar-refractivity contribution is -0.143. The number of rotatable bonds is 11. The molecular formula is C30H43N3O4. The summed E-state index contributed by atoms with van der Waals surface area (Å²) in [4.78, 5) is 42.0. The molecule has 2 aromatic rings. The Bertz CT molecular complexity index is 1030. The van der Waals surface area contributed by atoms with E-state index in [1.807, 2.05) is 82.3 Å². The van der Waals surface area contributed by atoms with E-state index < -0.39 is 23.8 Å². The van der Waals surface area contributed by atoms with Crippen LogP contribution in [0.3, 0.4) is 0 Å². The molecule has 0 aromatic heterocycles. The average Bonchev–Trinajstić information content (AvgIpc) is 2.82. The first-order chi connectivity index (χ1) is 17.4. The van der Waals surface area contributed by atoms with Gasteiger partial charge in [-0.05, 0) is 51.2 Å². The van der Waals surface area contributed by atoms with Crippen LogP contribution in [0.5, 0.6) is 0 Å². The van der Waals surface area contributed by atoms with E-state index in [1.165, 1.54) is 0 Å². The highest BCUT2D eigenvalue weighted by Gasteiger charge is 2.37. The number of nitrogens with one attached hydrogen (secondary N) is 2. The van der Waals surface area contributed by atoms with Gasteiger partial charge in [-0.15, -0.1) is 0 Å². The Labute approximate surface area is 222 Å². The number of carbonyl (C=O) groups is 3. The van der Waals surface area contributed by atoms with Crippen LogP contribution in [0.25, 0.3) is 0 Å². The van der Waals surface area contributed by atoms with E-state index in [9.17, 15) is 14.4 Å². The van der Waals surface area contributed by atoms with E-state index >= 15 is 0 Å². The second-order valence-corrected chi connectivity index (χ2v) is 10.8. The fourth-order valence-electron chi connectivity index (χ4n) is 4.02. The highest BCUT2D eigenvalue weighted by atomic mass is 16.6. The molecule has 0 saturated heterocycles. The number of carbonyl (C=O) groups excluding carboxylic acids is 3. The van der Waals surface area contributed by atoms with Crippen LogP contribution in [0, 0.1) is 12.8 Å². The second kappa shape index (κ2) is 13.8. The van der Waals surface area contributed by atoms with E-state index in [2.05, 4.69) is 10.6 Å². The van der Waals surface area contributed by atoms with Gasteiger partial charge in [0.15, 0.2) is 0 Å². The lowest BCUT2D eigenvalue weighted by Crippen LogP contribution is -2.55. The molecule has 0 radical (unpaired) electrons. The standard InChI is InChI=1S/C30H43N3O4/c1-8-9-18-33(28(35)25(21(2)3)32-29(36)37-30(5,6)7)26(24-17-13-14-22(4)19-24)27(34)31-20-23-15-11-10-12-16-23/h10-17,19,21,25-26H,8-9,18,20H2,1-7H3,(H,31,34)(H,32,36). The molecule has 0 fully saturated rings. The maximum atomic E-state index is 14.0. The number of amides is 3. The minimum absolute atomic E-state index is 0.213. The molecule has 3 amide bonds. The van der Waals surface area contributed by atoms with Crippen LogP contribution in [-0.2, 0) is 20.9 Å². The van der Waals surface area contributed by atoms with Crippen molar-refractivity contribution in [1.82, 2.24) is 15.5 Å². The van der Waals surface area contributed by atoms with Crippen molar-refractivity contribution < 1.29 is 19.1 Å². The van der Waals surface area contributed by atoms with Gasteiger partial charge in [0.05, 0.1) is 0 Å². The normalized spacial score (nSPS) is 13.0. The fourth-order valence-corrected chi connectivity index (χ4v) is 4.02. The number of hydrogen-bond donors (Lipinski definition) is 2. The third kappa shape index (κ3) is 9.56. The third-order valence-corrected chi connectivity index (χ3v) is 5.87. The van der Waals surface area contributed by atoms with Crippen molar-refractivity contribution in [3.8, 4) is 0 Å². The molecule has 37 heavy (non-hydrogen) atoms. The summed E-state index contributed by atoms with van der Waals surface area (Å²) < 4.78 is 5.43. The van der Waals surface area contributed by atoms with Crippen molar-refractivity contribution in [2.24, 2.45) is 5.92 Å². The van der Waals surface area contributed by atoms with E-state index in [-0.39, 0.29) is 17.7 Å². The van der Waals surface area contributed by atoms with Crippen LogP contribution >= 0.6 is 0 Å². The average molecular weight is 510 g/mol. The summed E-state index contributed by atoms with van der Waals surface area (Å²) in [5.74, 6) is -0.788. The summed E-state index contributed by atoms with van der Waals surface area (Å²) in [6.07, 6.45) is 0.912. The number of hydrogen-bond acceptors (Lipinski definition) is 4. The topological polar surface area (TPSA) is 87.7 Å². The van der Waals surface area contributed by atoms with E-state index in [1.54, 1.807) is 25.7 Å². The third-order valence-electron chi connectivity index (χ3n) is 5.87. The second-order valence-electron chi connectivity index (χ2n) is 10.8. The molecule has 0 spiro atoms. The maximum Gasteiger partial charge on any atom is 0.408 e. The van der Waals surface area contributed by atoms with Gasteiger partial charge in [-0.25, -0.2) is 4.79 Å². The predicted octanol–water partition coefficient (Wildman–Crippen LogP) is 5.53. The molecule has 2 unspecified atom stereocenters. The first kappa shape index (κ1) is 29.9. The summed E-state index contributed by atoms with van der Waals surface area (Å²) in [5.41, 5.74) is 2.00. The Morgan fingerprint density at radius 3 is 2.24 bits per heavy atom. The van der Waals surface area contributed by atoms with Gasteiger partial charge in [0.1, 0.15) is 17.7 Å². The lowest BCUT2D eigenvalue weighted by Gasteiger charge is -2.35. The Morgan fingerprint density at radius 1 is 1.00 bits per heavy atom. The van der Waals surface area contributed by atoms with Crippen LogP contribution in [0.2, 0.25) is 0 Å². The Kier molecular flexibility index (Phi) is 11.2. The summed E-state index contributed by atoms with van der Waals surface area (Å²) in [6.45, 7) is 13.8. The molecule has 0 saturated carbocycles. The van der Waals surface area contributed by atoms with Crippen molar-refractivity contribution in [2.45, 2.75) is 85.5 Å². The van der Waals surface area contributed by atoms with Crippen molar-refractivity contribution in [2.75, 3.05) is 6.54 Å². The minimum atomic E-state index is -0.846. The molecule has 2 atom stereocenters. The Hall–Kier alpha value is -3.35. The summed E-state index contributed by atoms with van der Waals surface area (Å²) >= 11 is 0. The SMILES string of the molecule is CCCCN(C(=O)C(NC(=O)OC(C)(C)C)C(C)C)C(C(=O)NCc1ccccc1)c1cccc(C)c1. The molecule has 7 heteroatoms. The smallest absolute Gasteiger partial charge is 0.408 e. The van der Waals surface area contributed by atoms with Gasteiger partial charge in [-0.3, -0.25) is 9.59 Å². The van der Waals surface area contributed by atoms with Crippen molar-refractivity contribution in [3.05, 3.63) is 71.3 Å². The number of ether oxygens (including phenoxy) is 1. The number of nitrogens with zero attached hydrogens (tertiary/aromatic N) is 1. The fraction of sp³-hybridized carbons (Fsp3) is 0.500. The minimum Gasteiger partial charge on any atom is -0.444 e. The van der Waals surface area contributed by atoms with Crippen molar-refractivity contribution in [1.29, 1.82) is 0 Å². The highest BCUT2D eigenvalue weighted by molar-refractivity contribution is 5.92. The molecule has 0 aliphatic heterocycles. The first-order valence-electron chi connectivity index (χ1n) is 13.1. The van der Waals surface area contributed by atoms with Crippen LogP contribution in [-0.4, -0.2) is 41.0 Å². The molecular weight excluding hydrogens is 466 g/mol. The van der Waals surface area contributed by atoms with E-state index in [4.69, 9.17) is 4.74 Å². The van der Waals surface area contributed by atoms with Gasteiger partial charge in [-0.2, -0.15) is 0 Å². The zero-order valence-corrected chi connectivity index (χ0v) is 23.3. The van der Waals surface area contributed by atoms with Gasteiger partial charge in [0.25, 0.3) is 0 Å². The summed E-state index contributed by atoms with van der Waals surface area (Å²) in [5, 5.41) is 5.78. The molecule has 0 aliphatic carbocycles. The highest BCUT2D eigenvalue weighted by Crippen LogP contribution is 2.25. The molecule has 2 aromatic carbocycles. The maximum absolute atomic E-state index is 14.0. The van der Waals surface area contributed by atoms with Crippen LogP contribution in [0.15, 0.2) is 54.6 Å². The molecule has 0 heterocycles. The van der Waals surface area contributed by atoms with E-state index in [0.717, 1.165) is 29.5 Å². The summed E-state index contributed by atoms with van der Waals surface area (Å²) in [6, 6.07) is 15.6.